The number of nitrogens with zero attached hydrogens (tertiary/aromatic N) is 3. The Morgan fingerprint density at radius 2 is 1.73 bits per heavy atom. The molecule has 0 spiro atoms. The van der Waals surface area contributed by atoms with Gasteiger partial charge in [-0.1, -0.05) is 25.1 Å². The molecular formula is C24H29N3O3. The molecule has 158 valence electrons. The number of para-hydroxylation sites is 1. The van der Waals surface area contributed by atoms with Crippen molar-refractivity contribution in [2.45, 2.75) is 19.8 Å². The van der Waals surface area contributed by atoms with Gasteiger partial charge in [-0.25, -0.2) is 0 Å². The van der Waals surface area contributed by atoms with E-state index in [1.165, 1.54) is 0 Å². The molecule has 6 nitrogen and oxygen atoms in total. The fraction of sp³-hybridized carbons (Fsp3) is 0.417. The first-order valence-corrected chi connectivity index (χ1v) is 10.8. The third-order valence-electron chi connectivity index (χ3n) is 5.90. The van der Waals surface area contributed by atoms with Crippen molar-refractivity contribution >= 4 is 17.5 Å². The summed E-state index contributed by atoms with van der Waals surface area (Å²) < 4.78 is 5.78. The number of hydrogen-bond acceptors (Lipinski definition) is 4. The van der Waals surface area contributed by atoms with Crippen LogP contribution in [0.1, 0.15) is 29.3 Å². The lowest BCUT2D eigenvalue weighted by Gasteiger charge is -2.34. The van der Waals surface area contributed by atoms with Crippen molar-refractivity contribution in [1.82, 2.24) is 9.80 Å². The van der Waals surface area contributed by atoms with E-state index in [2.05, 4.69) is 4.90 Å². The summed E-state index contributed by atoms with van der Waals surface area (Å²) in [6, 6.07) is 15.6. The van der Waals surface area contributed by atoms with Crippen LogP contribution in [0.15, 0.2) is 48.5 Å². The van der Waals surface area contributed by atoms with E-state index in [4.69, 9.17) is 4.74 Å². The van der Waals surface area contributed by atoms with Crippen LogP contribution in [0.3, 0.4) is 0 Å². The molecule has 2 aromatic carbocycles. The molecule has 30 heavy (non-hydrogen) atoms. The van der Waals surface area contributed by atoms with Gasteiger partial charge in [0.1, 0.15) is 12.4 Å². The van der Waals surface area contributed by atoms with Gasteiger partial charge < -0.3 is 14.5 Å². The van der Waals surface area contributed by atoms with Crippen LogP contribution in [-0.4, -0.2) is 67.5 Å². The predicted molar refractivity (Wildman–Crippen MR) is 117 cm³/mol. The number of fused-ring (bicyclic) bond motifs is 1. The summed E-state index contributed by atoms with van der Waals surface area (Å²) in [5, 5.41) is 0. The van der Waals surface area contributed by atoms with Gasteiger partial charge in [-0.2, -0.15) is 0 Å². The second-order valence-corrected chi connectivity index (χ2v) is 7.79. The fourth-order valence-corrected chi connectivity index (χ4v) is 4.15. The number of amides is 2. The van der Waals surface area contributed by atoms with E-state index < -0.39 is 0 Å². The zero-order valence-electron chi connectivity index (χ0n) is 17.5. The van der Waals surface area contributed by atoms with E-state index in [0.29, 0.717) is 19.6 Å². The molecule has 2 amide bonds. The van der Waals surface area contributed by atoms with Crippen molar-refractivity contribution in [3.05, 3.63) is 59.7 Å². The van der Waals surface area contributed by atoms with Crippen LogP contribution in [0, 0.1) is 0 Å². The van der Waals surface area contributed by atoms with Gasteiger partial charge in [-0.05, 0) is 42.3 Å². The molecule has 2 heterocycles. The average Bonchev–Trinajstić information content (AvgIpc) is 3.22. The van der Waals surface area contributed by atoms with E-state index in [0.717, 1.165) is 61.7 Å². The number of piperazine rings is 1. The monoisotopic (exact) mass is 407 g/mol. The molecule has 0 bridgehead atoms. The quantitative estimate of drug-likeness (QED) is 0.739. The van der Waals surface area contributed by atoms with Gasteiger partial charge in [0, 0.05) is 56.9 Å². The van der Waals surface area contributed by atoms with Gasteiger partial charge in [0.25, 0.3) is 5.91 Å². The highest BCUT2D eigenvalue weighted by atomic mass is 16.5. The molecule has 6 heteroatoms. The second-order valence-electron chi connectivity index (χ2n) is 7.79. The smallest absolute Gasteiger partial charge is 0.253 e. The Morgan fingerprint density at radius 3 is 2.47 bits per heavy atom. The van der Waals surface area contributed by atoms with Crippen molar-refractivity contribution in [3.63, 3.8) is 0 Å². The zero-order chi connectivity index (χ0) is 20.9. The average molecular weight is 408 g/mol. The number of rotatable bonds is 6. The highest BCUT2D eigenvalue weighted by Crippen LogP contribution is 2.29. The largest absolute Gasteiger partial charge is 0.492 e. The van der Waals surface area contributed by atoms with Crippen molar-refractivity contribution in [2.24, 2.45) is 0 Å². The van der Waals surface area contributed by atoms with Crippen LogP contribution in [0.4, 0.5) is 5.69 Å². The predicted octanol–water partition coefficient (Wildman–Crippen LogP) is 2.82. The lowest BCUT2D eigenvalue weighted by molar-refractivity contribution is -0.118. The van der Waals surface area contributed by atoms with Crippen LogP contribution < -0.4 is 9.64 Å². The molecule has 4 rings (SSSR count). The summed E-state index contributed by atoms with van der Waals surface area (Å²) in [5.41, 5.74) is 2.78. The summed E-state index contributed by atoms with van der Waals surface area (Å²) in [7, 11) is 0. The molecular weight excluding hydrogens is 378 g/mol. The van der Waals surface area contributed by atoms with Crippen LogP contribution in [-0.2, 0) is 11.2 Å². The van der Waals surface area contributed by atoms with Crippen LogP contribution >= 0.6 is 0 Å². The summed E-state index contributed by atoms with van der Waals surface area (Å²) in [5.74, 6) is 1.11. The highest BCUT2D eigenvalue weighted by Gasteiger charge is 2.26. The first-order chi connectivity index (χ1) is 14.7. The summed E-state index contributed by atoms with van der Waals surface area (Å²) in [4.78, 5) is 31.1. The molecule has 2 aromatic rings. The van der Waals surface area contributed by atoms with Gasteiger partial charge in [0.15, 0.2) is 0 Å². The van der Waals surface area contributed by atoms with Crippen molar-refractivity contribution in [2.75, 3.05) is 50.8 Å². The number of carbonyl (C=O) groups excluding carboxylic acids is 2. The van der Waals surface area contributed by atoms with Gasteiger partial charge >= 0.3 is 0 Å². The Labute approximate surface area is 178 Å². The number of carbonyl (C=O) groups is 2. The van der Waals surface area contributed by atoms with E-state index in [1.54, 1.807) is 0 Å². The van der Waals surface area contributed by atoms with Crippen molar-refractivity contribution in [1.29, 1.82) is 0 Å². The molecule has 2 aliphatic rings. The lowest BCUT2D eigenvalue weighted by Crippen LogP contribution is -2.49. The Bertz CT molecular complexity index is 892. The number of ether oxygens (including phenoxy) is 1. The first kappa shape index (κ1) is 20.4. The van der Waals surface area contributed by atoms with Gasteiger partial charge in [0.2, 0.25) is 5.91 Å². The molecule has 0 aliphatic carbocycles. The maximum Gasteiger partial charge on any atom is 0.253 e. The van der Waals surface area contributed by atoms with Crippen LogP contribution in [0.5, 0.6) is 5.75 Å². The lowest BCUT2D eigenvalue weighted by atomic mass is 10.1. The first-order valence-electron chi connectivity index (χ1n) is 10.8. The van der Waals surface area contributed by atoms with E-state index in [9.17, 15) is 9.59 Å². The molecule has 0 radical (unpaired) electrons. The van der Waals surface area contributed by atoms with Crippen molar-refractivity contribution in [3.8, 4) is 5.75 Å². The SMILES string of the molecule is CCC(=O)N1CCc2cc(C(=O)N3CCN(CCOc4ccccc4)CC3)ccc21. The van der Waals surface area contributed by atoms with Crippen molar-refractivity contribution < 1.29 is 14.3 Å². The molecule has 0 saturated carbocycles. The molecule has 0 aromatic heterocycles. The Morgan fingerprint density at radius 1 is 0.967 bits per heavy atom. The normalized spacial score (nSPS) is 16.4. The fourth-order valence-electron chi connectivity index (χ4n) is 4.15. The Balaban J connectivity index is 1.28. The zero-order valence-corrected chi connectivity index (χ0v) is 17.5. The van der Waals surface area contributed by atoms with E-state index in [1.807, 2.05) is 65.3 Å². The minimum absolute atomic E-state index is 0.0817. The maximum atomic E-state index is 13.0. The summed E-state index contributed by atoms with van der Waals surface area (Å²) in [6.45, 7) is 7.26. The van der Waals surface area contributed by atoms with E-state index in [-0.39, 0.29) is 11.8 Å². The maximum absolute atomic E-state index is 13.0. The molecule has 0 unspecified atom stereocenters. The number of hydrogen-bond donors (Lipinski definition) is 0. The molecule has 0 N–H and O–H groups in total. The summed E-state index contributed by atoms with van der Waals surface area (Å²) in [6.07, 6.45) is 1.32. The minimum atomic E-state index is 0.0817. The minimum Gasteiger partial charge on any atom is -0.492 e. The number of anilines is 1. The second kappa shape index (κ2) is 9.30. The van der Waals surface area contributed by atoms with E-state index >= 15 is 0 Å². The standard InChI is InChI=1S/C24H29N3O3/c1-2-23(28)27-11-10-19-18-20(8-9-22(19)27)24(29)26-14-12-25(13-15-26)16-17-30-21-6-4-3-5-7-21/h3-9,18H,2,10-17H2,1H3. The van der Waals surface area contributed by atoms with Gasteiger partial charge in [-0.3, -0.25) is 14.5 Å². The third kappa shape index (κ3) is 4.49. The van der Waals surface area contributed by atoms with Gasteiger partial charge in [0.05, 0.1) is 0 Å². The third-order valence-corrected chi connectivity index (χ3v) is 5.90. The van der Waals surface area contributed by atoms with Crippen LogP contribution in [0.2, 0.25) is 0 Å². The molecule has 1 fully saturated rings. The number of benzene rings is 2. The Hall–Kier alpha value is -2.86. The van der Waals surface area contributed by atoms with Gasteiger partial charge in [-0.15, -0.1) is 0 Å². The topological polar surface area (TPSA) is 53.1 Å². The molecule has 0 atom stereocenters. The molecule has 2 aliphatic heterocycles. The molecule has 1 saturated heterocycles. The van der Waals surface area contributed by atoms with Crippen LogP contribution in [0.25, 0.3) is 0 Å². The highest BCUT2D eigenvalue weighted by molar-refractivity contribution is 5.98. The summed E-state index contributed by atoms with van der Waals surface area (Å²) >= 11 is 0. The Kier molecular flexibility index (Phi) is 6.33.